The number of morpholine rings is 1. The van der Waals surface area contributed by atoms with Crippen molar-refractivity contribution in [3.05, 3.63) is 18.2 Å². The van der Waals surface area contributed by atoms with Crippen molar-refractivity contribution in [2.24, 2.45) is 5.92 Å². The van der Waals surface area contributed by atoms with Crippen LogP contribution in [0.3, 0.4) is 0 Å². The zero-order chi connectivity index (χ0) is 20.6. The van der Waals surface area contributed by atoms with Gasteiger partial charge in [-0.25, -0.2) is 4.98 Å². The molecule has 2 unspecified atom stereocenters. The van der Waals surface area contributed by atoms with Crippen molar-refractivity contribution in [1.29, 1.82) is 0 Å². The molecule has 1 aromatic rings. The predicted octanol–water partition coefficient (Wildman–Crippen LogP) is 1.99. The van der Waals surface area contributed by atoms with Crippen LogP contribution in [-0.4, -0.2) is 62.5 Å². The Balaban J connectivity index is 1.42. The molecule has 1 aromatic heterocycles. The number of nitrogens with zero attached hydrogens (tertiary/aromatic N) is 4. The lowest BCUT2D eigenvalue weighted by Gasteiger charge is -2.53. The van der Waals surface area contributed by atoms with Crippen LogP contribution < -0.4 is 0 Å². The number of imidazole rings is 1. The van der Waals surface area contributed by atoms with Crippen molar-refractivity contribution in [2.45, 2.75) is 70.7 Å². The largest absolute Gasteiger partial charge is 0.373 e. The molecule has 7 nitrogen and oxygen atoms in total. The first-order valence-electron chi connectivity index (χ1n) is 10.6. The third-order valence-corrected chi connectivity index (χ3v) is 6.44. The monoisotopic (exact) mass is 398 g/mol. The third-order valence-electron chi connectivity index (χ3n) is 6.44. The summed E-state index contributed by atoms with van der Waals surface area (Å²) in [5, 5.41) is 0. The van der Waals surface area contributed by atoms with Gasteiger partial charge in [0.15, 0.2) is 0 Å². The molecule has 2 amide bonds. The number of ether oxygens (including phenoxy) is 1. The summed E-state index contributed by atoms with van der Waals surface area (Å²) in [6.07, 6.45) is 6.74. The first-order valence-corrected chi connectivity index (χ1v) is 10.6. The van der Waals surface area contributed by atoms with Crippen molar-refractivity contribution < 1.29 is 14.3 Å². The molecule has 3 aliphatic rings. The molecule has 7 heteroatoms. The summed E-state index contributed by atoms with van der Waals surface area (Å²) in [4.78, 5) is 34.0. The Hall–Kier alpha value is -2.33. The van der Waals surface area contributed by atoms with E-state index in [0.717, 1.165) is 31.6 Å². The number of carbonyl (C=O) groups excluding carboxylic acids is 2. The van der Waals surface area contributed by atoms with Crippen molar-refractivity contribution >= 4 is 11.8 Å². The second-order valence-electron chi connectivity index (χ2n) is 8.80. The van der Waals surface area contributed by atoms with Crippen LogP contribution >= 0.6 is 0 Å². The molecule has 3 heterocycles. The molecule has 0 radical (unpaired) electrons. The molecule has 2 aliphatic heterocycles. The molecule has 0 aromatic carbocycles. The van der Waals surface area contributed by atoms with Gasteiger partial charge in [-0.15, -0.1) is 0 Å². The molecule has 0 bridgehead atoms. The van der Waals surface area contributed by atoms with Gasteiger partial charge in [0.05, 0.1) is 30.7 Å². The van der Waals surface area contributed by atoms with Gasteiger partial charge < -0.3 is 19.1 Å². The number of carbonyl (C=O) groups is 2. The molecule has 1 aliphatic carbocycles. The normalized spacial score (nSPS) is 25.2. The van der Waals surface area contributed by atoms with E-state index in [1.165, 1.54) is 0 Å². The fraction of sp³-hybridized carbons (Fsp3) is 0.682. The molecule has 1 spiro atoms. The highest BCUT2D eigenvalue weighted by Crippen LogP contribution is 2.41. The lowest BCUT2D eigenvalue weighted by molar-refractivity contribution is -0.170. The SMILES string of the molecule is CC(C)C#CC(=O)N1CC(CC(=O)N2CCn3ccnc3C2C)OCC12CCC2. The van der Waals surface area contributed by atoms with Crippen LogP contribution in [0.4, 0.5) is 0 Å². The highest BCUT2D eigenvalue weighted by Gasteiger charge is 2.49. The number of hydrogen-bond donors (Lipinski definition) is 0. The van der Waals surface area contributed by atoms with E-state index in [-0.39, 0.29) is 41.8 Å². The van der Waals surface area contributed by atoms with E-state index in [9.17, 15) is 9.59 Å². The molecule has 156 valence electrons. The van der Waals surface area contributed by atoms with E-state index < -0.39 is 0 Å². The van der Waals surface area contributed by atoms with Gasteiger partial charge in [-0.3, -0.25) is 9.59 Å². The van der Waals surface area contributed by atoms with Crippen molar-refractivity contribution in [3.63, 3.8) is 0 Å². The second-order valence-corrected chi connectivity index (χ2v) is 8.80. The van der Waals surface area contributed by atoms with Crippen LogP contribution in [0.5, 0.6) is 0 Å². The number of fused-ring (bicyclic) bond motifs is 1. The molecule has 1 saturated carbocycles. The molecule has 1 saturated heterocycles. The lowest BCUT2D eigenvalue weighted by Crippen LogP contribution is -2.65. The molecule has 4 rings (SSSR count). The Bertz CT molecular complexity index is 846. The Morgan fingerprint density at radius 1 is 1.34 bits per heavy atom. The first kappa shape index (κ1) is 20.0. The number of rotatable bonds is 2. The summed E-state index contributed by atoms with van der Waals surface area (Å²) in [5.41, 5.74) is -0.217. The summed E-state index contributed by atoms with van der Waals surface area (Å²) >= 11 is 0. The van der Waals surface area contributed by atoms with Crippen LogP contribution in [0.25, 0.3) is 0 Å². The predicted molar refractivity (Wildman–Crippen MR) is 108 cm³/mol. The zero-order valence-electron chi connectivity index (χ0n) is 17.6. The maximum atomic E-state index is 13.0. The molecule has 29 heavy (non-hydrogen) atoms. The van der Waals surface area contributed by atoms with E-state index in [4.69, 9.17) is 4.74 Å². The first-order chi connectivity index (χ1) is 13.9. The van der Waals surface area contributed by atoms with E-state index in [2.05, 4.69) is 21.4 Å². The molecule has 0 N–H and O–H groups in total. The van der Waals surface area contributed by atoms with Gasteiger partial charge in [0.2, 0.25) is 5.91 Å². The maximum Gasteiger partial charge on any atom is 0.299 e. The molecule has 2 atom stereocenters. The van der Waals surface area contributed by atoms with E-state index in [0.29, 0.717) is 19.7 Å². The lowest BCUT2D eigenvalue weighted by atomic mass is 9.74. The Morgan fingerprint density at radius 2 is 2.14 bits per heavy atom. The quantitative estimate of drug-likeness (QED) is 0.715. The Morgan fingerprint density at radius 3 is 2.83 bits per heavy atom. The van der Waals surface area contributed by atoms with Gasteiger partial charge in [0.25, 0.3) is 5.91 Å². The van der Waals surface area contributed by atoms with Gasteiger partial charge >= 0.3 is 0 Å². The van der Waals surface area contributed by atoms with E-state index in [1.807, 2.05) is 36.8 Å². The fourth-order valence-electron chi connectivity index (χ4n) is 4.57. The van der Waals surface area contributed by atoms with Crippen LogP contribution in [0.2, 0.25) is 0 Å². The van der Waals surface area contributed by atoms with E-state index in [1.54, 1.807) is 6.20 Å². The summed E-state index contributed by atoms with van der Waals surface area (Å²) in [6.45, 7) is 8.33. The van der Waals surface area contributed by atoms with Gasteiger partial charge in [0.1, 0.15) is 5.82 Å². The maximum absolute atomic E-state index is 13.0. The van der Waals surface area contributed by atoms with Crippen LogP contribution in [0.15, 0.2) is 12.4 Å². The minimum absolute atomic E-state index is 0.0533. The highest BCUT2D eigenvalue weighted by atomic mass is 16.5. The van der Waals surface area contributed by atoms with Gasteiger partial charge in [-0.05, 0) is 32.1 Å². The smallest absolute Gasteiger partial charge is 0.299 e. The Kier molecular flexibility index (Phi) is 5.39. The summed E-state index contributed by atoms with van der Waals surface area (Å²) < 4.78 is 8.18. The summed E-state index contributed by atoms with van der Waals surface area (Å²) in [6, 6.07) is -0.0533. The van der Waals surface area contributed by atoms with Crippen molar-refractivity contribution in [3.8, 4) is 11.8 Å². The molecular weight excluding hydrogens is 368 g/mol. The van der Waals surface area contributed by atoms with Crippen LogP contribution in [0.1, 0.15) is 58.3 Å². The zero-order valence-corrected chi connectivity index (χ0v) is 17.6. The van der Waals surface area contributed by atoms with Gasteiger partial charge in [-0.1, -0.05) is 19.8 Å². The average Bonchev–Trinajstić information content (AvgIpc) is 3.14. The van der Waals surface area contributed by atoms with Gasteiger partial charge in [0, 0.05) is 37.9 Å². The highest BCUT2D eigenvalue weighted by molar-refractivity contribution is 5.94. The van der Waals surface area contributed by atoms with Crippen molar-refractivity contribution in [2.75, 3.05) is 19.7 Å². The molecule has 2 fully saturated rings. The minimum Gasteiger partial charge on any atom is -0.373 e. The third kappa shape index (κ3) is 3.78. The minimum atomic E-state index is -0.285. The van der Waals surface area contributed by atoms with E-state index >= 15 is 0 Å². The standard InChI is InChI=1S/C22H30N4O3/c1-16(2)5-6-19(27)26-14-18(29-15-22(26)7-4-8-22)13-20(28)25-12-11-24-10-9-23-21(24)17(25)3/h9-10,16-18H,4,7-8,11-15H2,1-3H3. The summed E-state index contributed by atoms with van der Waals surface area (Å²) in [5.74, 6) is 6.79. The fourth-order valence-corrected chi connectivity index (χ4v) is 4.57. The van der Waals surface area contributed by atoms with Crippen LogP contribution in [0, 0.1) is 17.8 Å². The average molecular weight is 399 g/mol. The van der Waals surface area contributed by atoms with Gasteiger partial charge in [-0.2, -0.15) is 0 Å². The van der Waals surface area contributed by atoms with Crippen molar-refractivity contribution in [1.82, 2.24) is 19.4 Å². The second kappa shape index (κ2) is 7.83. The topological polar surface area (TPSA) is 67.7 Å². The number of amides is 2. The number of aromatic nitrogens is 2. The van der Waals surface area contributed by atoms with Crippen LogP contribution in [-0.2, 0) is 20.9 Å². The Labute approximate surface area is 172 Å². The summed E-state index contributed by atoms with van der Waals surface area (Å²) in [7, 11) is 0. The number of hydrogen-bond acceptors (Lipinski definition) is 4. The molecular formula is C22H30N4O3.